The molecule has 2 N–H and O–H groups in total. The Balaban J connectivity index is 1.37. The van der Waals surface area contributed by atoms with E-state index in [4.69, 9.17) is 16.3 Å². The molecule has 0 spiro atoms. The summed E-state index contributed by atoms with van der Waals surface area (Å²) in [6.07, 6.45) is -0.395. The van der Waals surface area contributed by atoms with Gasteiger partial charge in [-0.2, -0.15) is 4.98 Å². The Morgan fingerprint density at radius 2 is 2.00 bits per heavy atom. The van der Waals surface area contributed by atoms with Crippen LogP contribution in [-0.2, 0) is 7.05 Å². The van der Waals surface area contributed by atoms with Crippen molar-refractivity contribution < 1.29 is 22.3 Å². The highest BCUT2D eigenvalue weighted by Crippen LogP contribution is 2.45. The quantitative estimate of drug-likeness (QED) is 0.449. The van der Waals surface area contributed by atoms with Crippen molar-refractivity contribution in [2.75, 3.05) is 35.2 Å². The van der Waals surface area contributed by atoms with E-state index in [-0.39, 0.29) is 53.7 Å². The Morgan fingerprint density at radius 1 is 1.21 bits per heavy atom. The van der Waals surface area contributed by atoms with Crippen LogP contribution in [0.5, 0.6) is 5.75 Å². The number of nitrogens with one attached hydrogen (secondary N) is 2. The minimum atomic E-state index is -3.15. The lowest BCUT2D eigenvalue weighted by Gasteiger charge is -2.31. The number of rotatable bonds is 4. The fraction of sp³-hybridized carbons (Fsp3) is 0.480. The average Bonchev–Trinajstić information content (AvgIpc) is 3.73. The van der Waals surface area contributed by atoms with Crippen molar-refractivity contribution in [3.63, 3.8) is 0 Å². The third-order valence-electron chi connectivity index (χ3n) is 7.35. The first-order valence-corrected chi connectivity index (χ1v) is 12.8. The number of piperidine rings is 1. The number of benzene rings is 1. The summed E-state index contributed by atoms with van der Waals surface area (Å²) in [5, 5.41) is 6.75. The molecule has 1 saturated heterocycles. The number of nitrogens with zero attached hydrogens (tertiary/aromatic N) is 4. The molecule has 1 saturated carbocycles. The molecule has 4 heterocycles. The van der Waals surface area contributed by atoms with Gasteiger partial charge in [-0.05, 0) is 43.4 Å². The van der Waals surface area contributed by atoms with E-state index in [2.05, 4.69) is 20.6 Å². The highest BCUT2D eigenvalue weighted by molar-refractivity contribution is 6.32. The van der Waals surface area contributed by atoms with Gasteiger partial charge in [-0.1, -0.05) is 11.6 Å². The molecule has 1 aliphatic carbocycles. The number of aryl methyl sites for hydroxylation is 1. The molecule has 0 bridgehead atoms. The van der Waals surface area contributed by atoms with Crippen molar-refractivity contribution in [1.82, 2.24) is 14.5 Å². The zero-order valence-corrected chi connectivity index (χ0v) is 21.1. The first-order valence-electron chi connectivity index (χ1n) is 12.4. The summed E-state index contributed by atoms with van der Waals surface area (Å²) in [6, 6.07) is 3.93. The predicted octanol–water partition coefficient (Wildman–Crippen LogP) is 4.83. The maximum atomic E-state index is 14.9. The molecule has 2 aromatic heterocycles. The molecule has 1 unspecified atom stereocenters. The van der Waals surface area contributed by atoms with Crippen molar-refractivity contribution in [1.29, 1.82) is 0 Å². The minimum Gasteiger partial charge on any atom is -0.480 e. The summed E-state index contributed by atoms with van der Waals surface area (Å²) in [6.45, 7) is -0.792. The van der Waals surface area contributed by atoms with Crippen LogP contribution in [0, 0.1) is 5.92 Å². The van der Waals surface area contributed by atoms with Crippen LogP contribution >= 0.6 is 11.6 Å². The summed E-state index contributed by atoms with van der Waals surface area (Å²) < 4.78 is 64.0. The summed E-state index contributed by atoms with van der Waals surface area (Å²) in [5.41, 5.74) is 0.738. The van der Waals surface area contributed by atoms with E-state index in [9.17, 15) is 22.4 Å². The zero-order valence-electron chi connectivity index (χ0n) is 20.4. The van der Waals surface area contributed by atoms with Crippen LogP contribution in [0.4, 0.5) is 40.7 Å². The van der Waals surface area contributed by atoms with E-state index >= 15 is 0 Å². The normalized spacial score (nSPS) is 24.8. The molecule has 0 radical (unpaired) electrons. The third-order valence-corrected chi connectivity index (χ3v) is 7.63. The highest BCUT2D eigenvalue weighted by atomic mass is 35.5. The molecule has 1 aromatic carbocycles. The lowest BCUT2D eigenvalue weighted by atomic mass is 10.0. The lowest BCUT2D eigenvalue weighted by Crippen LogP contribution is -2.44. The van der Waals surface area contributed by atoms with Gasteiger partial charge >= 0.3 is 5.92 Å². The third kappa shape index (κ3) is 4.38. The van der Waals surface area contributed by atoms with Gasteiger partial charge in [-0.15, -0.1) is 0 Å². The first-order chi connectivity index (χ1) is 18.1. The molecule has 13 heteroatoms. The smallest absolute Gasteiger partial charge is 0.301 e. The molecule has 38 heavy (non-hydrogen) atoms. The van der Waals surface area contributed by atoms with Crippen LogP contribution in [0.3, 0.4) is 0 Å². The zero-order chi connectivity index (χ0) is 26.8. The van der Waals surface area contributed by atoms with E-state index in [1.165, 1.54) is 10.8 Å². The van der Waals surface area contributed by atoms with Crippen LogP contribution < -0.4 is 25.8 Å². The van der Waals surface area contributed by atoms with Gasteiger partial charge in [0.15, 0.2) is 12.4 Å². The van der Waals surface area contributed by atoms with Gasteiger partial charge in [0.05, 0.1) is 30.0 Å². The lowest BCUT2D eigenvalue weighted by molar-refractivity contribution is -0.0579. The van der Waals surface area contributed by atoms with Crippen molar-refractivity contribution >= 4 is 45.6 Å². The first kappa shape index (κ1) is 25.0. The number of fused-ring (bicyclic) bond motifs is 3. The predicted molar refractivity (Wildman–Crippen MR) is 137 cm³/mol. The van der Waals surface area contributed by atoms with Gasteiger partial charge in [0.2, 0.25) is 11.7 Å². The van der Waals surface area contributed by atoms with Gasteiger partial charge in [0.25, 0.3) is 5.56 Å². The van der Waals surface area contributed by atoms with Gasteiger partial charge in [-0.3, -0.25) is 4.79 Å². The fourth-order valence-corrected chi connectivity index (χ4v) is 5.22. The van der Waals surface area contributed by atoms with E-state index in [0.29, 0.717) is 29.4 Å². The van der Waals surface area contributed by atoms with Gasteiger partial charge in [0, 0.05) is 24.7 Å². The summed E-state index contributed by atoms with van der Waals surface area (Å²) in [4.78, 5) is 23.1. The molecule has 2 fully saturated rings. The highest BCUT2D eigenvalue weighted by Gasteiger charge is 2.51. The van der Waals surface area contributed by atoms with E-state index in [1.54, 1.807) is 30.1 Å². The molecular formula is C25H25ClF4N6O2. The van der Waals surface area contributed by atoms with Crippen molar-refractivity contribution in [3.8, 4) is 5.75 Å². The largest absolute Gasteiger partial charge is 0.480 e. The van der Waals surface area contributed by atoms with E-state index in [1.807, 2.05) is 0 Å². The number of ether oxygens (including phenoxy) is 1. The van der Waals surface area contributed by atoms with Gasteiger partial charge < -0.3 is 24.8 Å². The summed E-state index contributed by atoms with van der Waals surface area (Å²) >= 11 is 6.33. The number of pyridine rings is 1. The van der Waals surface area contributed by atoms with Crippen LogP contribution in [-0.4, -0.2) is 58.5 Å². The Hall–Kier alpha value is -3.28. The molecule has 8 nitrogen and oxygen atoms in total. The monoisotopic (exact) mass is 552 g/mol. The second-order valence-corrected chi connectivity index (χ2v) is 10.5. The van der Waals surface area contributed by atoms with Gasteiger partial charge in [-0.25, -0.2) is 22.5 Å². The molecule has 3 aromatic rings. The number of hydrogen-bond acceptors (Lipinski definition) is 7. The van der Waals surface area contributed by atoms with E-state index in [0.717, 1.165) is 0 Å². The Labute approximate surface area is 220 Å². The average molecular weight is 553 g/mol. The van der Waals surface area contributed by atoms with Gasteiger partial charge in [0.1, 0.15) is 17.4 Å². The molecule has 202 valence electrons. The standard InChI is InChI=1S/C25H25ClF4N6O2/c1-35-18-5-4-13(32-22-15(26)9-31-24(34-22)36-7-6-16(27)17(28)10-36)8-14(18)19-20(23(35)37)38-11-25(29,30)21(33-19)12-2-3-12/h4-5,8-9,12,16-17,21,33H,2-3,6-7,10-11H2,1H3,(H,31,32,34)/t16-,17+,21?/m0/s1. The number of halogens is 5. The molecule has 6 rings (SSSR count). The van der Waals surface area contributed by atoms with Crippen molar-refractivity contribution in [2.24, 2.45) is 13.0 Å². The summed E-state index contributed by atoms with van der Waals surface area (Å²) in [7, 11) is 1.55. The van der Waals surface area contributed by atoms with E-state index < -0.39 is 36.5 Å². The van der Waals surface area contributed by atoms with Crippen LogP contribution in [0.2, 0.25) is 5.02 Å². The number of hydrogen-bond donors (Lipinski definition) is 2. The SMILES string of the molecule is Cn1c(=O)c2c(c3cc(Nc4nc(N5CC[C@H](F)[C@H](F)C5)ncc4Cl)ccc31)NC(C1CC1)C(F)(F)CO2. The van der Waals surface area contributed by atoms with Crippen LogP contribution in [0.1, 0.15) is 19.3 Å². The van der Waals surface area contributed by atoms with Crippen LogP contribution in [0.25, 0.3) is 10.9 Å². The Kier molecular flexibility index (Phi) is 6.04. The van der Waals surface area contributed by atoms with Crippen molar-refractivity contribution in [3.05, 3.63) is 39.8 Å². The molecule has 3 atom stereocenters. The maximum Gasteiger partial charge on any atom is 0.301 e. The second kappa shape index (κ2) is 9.18. The molecular weight excluding hydrogens is 528 g/mol. The number of alkyl halides is 4. The number of anilines is 4. The Bertz CT molecular complexity index is 1470. The summed E-state index contributed by atoms with van der Waals surface area (Å²) in [5.74, 6) is -3.07. The van der Waals surface area contributed by atoms with Crippen molar-refractivity contribution in [2.45, 2.75) is 43.6 Å². The molecule has 2 aliphatic heterocycles. The second-order valence-electron chi connectivity index (χ2n) is 10.1. The topological polar surface area (TPSA) is 84.3 Å². The number of aromatic nitrogens is 3. The Morgan fingerprint density at radius 3 is 2.74 bits per heavy atom. The fourth-order valence-electron chi connectivity index (χ4n) is 5.08. The maximum absolute atomic E-state index is 14.9. The molecule has 3 aliphatic rings. The minimum absolute atomic E-state index is 0.0282. The van der Waals surface area contributed by atoms with Crippen LogP contribution in [0.15, 0.2) is 29.2 Å². The molecule has 0 amide bonds.